The second kappa shape index (κ2) is 11.3. The quantitative estimate of drug-likeness (QED) is 0.254. The molecule has 1 atom stereocenters. The van der Waals surface area contributed by atoms with Crippen LogP contribution in [-0.2, 0) is 19.0 Å². The van der Waals surface area contributed by atoms with Crippen molar-refractivity contribution in [2.45, 2.75) is 38.7 Å². The van der Waals surface area contributed by atoms with E-state index in [-0.39, 0.29) is 19.0 Å². The van der Waals surface area contributed by atoms with E-state index in [1.807, 2.05) is 6.92 Å². The number of hydrogen-bond acceptors (Lipinski definition) is 6. The second-order valence-electron chi connectivity index (χ2n) is 3.45. The maximum Gasteiger partial charge on any atom is 0.287 e. The Bertz CT molecular complexity index is 350. The number of nitriles is 2. The zero-order chi connectivity index (χ0) is 13.6. The van der Waals surface area contributed by atoms with Gasteiger partial charge in [-0.1, -0.05) is 13.3 Å². The molecule has 0 amide bonds. The lowest BCUT2D eigenvalue weighted by atomic mass is 10.1. The molecule has 0 rings (SSSR count). The lowest BCUT2D eigenvalue weighted by molar-refractivity contribution is 0.0856. The Morgan fingerprint density at radius 1 is 1.22 bits per heavy atom. The molecule has 0 fully saturated rings. The molecule has 6 heteroatoms. The lowest BCUT2D eigenvalue weighted by Crippen LogP contribution is -2.17. The minimum atomic E-state index is -0.677. The minimum Gasteiger partial charge on any atom is -0.483 e. The van der Waals surface area contributed by atoms with Crippen LogP contribution in [0.5, 0.6) is 0 Å². The van der Waals surface area contributed by atoms with Gasteiger partial charge in [0.2, 0.25) is 5.76 Å². The molecule has 0 spiro atoms. The average molecular weight is 252 g/mol. The number of hydrogen-bond donors (Lipinski definition) is 0. The molecule has 0 N–H and O–H groups in total. The summed E-state index contributed by atoms with van der Waals surface area (Å²) in [4.78, 5) is 10.7. The summed E-state index contributed by atoms with van der Waals surface area (Å²) in [6, 6.07) is 0. The smallest absolute Gasteiger partial charge is 0.287 e. The van der Waals surface area contributed by atoms with E-state index >= 15 is 0 Å². The molecule has 0 aromatic heterocycles. The number of unbranched alkanes of at least 4 members (excludes halogenated alkanes) is 1. The van der Waals surface area contributed by atoms with Crippen LogP contribution in [0.25, 0.3) is 0 Å². The van der Waals surface area contributed by atoms with Gasteiger partial charge in [0.05, 0.1) is 6.61 Å². The highest BCUT2D eigenvalue weighted by molar-refractivity contribution is 5.51. The highest BCUT2D eigenvalue weighted by Gasteiger charge is 2.18. The Balaban J connectivity index is 4.14. The van der Waals surface area contributed by atoms with Crippen LogP contribution in [-0.4, -0.2) is 25.3 Å². The SMILES string of the molecule is CCCCC(OC#N)C(=C=O)OCCCOC#N. The van der Waals surface area contributed by atoms with Gasteiger partial charge in [0, 0.05) is 6.42 Å². The van der Waals surface area contributed by atoms with Crippen molar-refractivity contribution in [3.8, 4) is 12.5 Å². The van der Waals surface area contributed by atoms with E-state index in [0.29, 0.717) is 12.8 Å². The van der Waals surface area contributed by atoms with Crippen LogP contribution in [0.2, 0.25) is 0 Å². The van der Waals surface area contributed by atoms with Gasteiger partial charge >= 0.3 is 0 Å². The van der Waals surface area contributed by atoms with Crippen molar-refractivity contribution in [2.75, 3.05) is 13.2 Å². The topological polar surface area (TPSA) is 92.3 Å². The van der Waals surface area contributed by atoms with Crippen molar-refractivity contribution >= 4 is 5.94 Å². The minimum absolute atomic E-state index is 0.0121. The van der Waals surface area contributed by atoms with E-state index in [1.54, 1.807) is 12.2 Å². The van der Waals surface area contributed by atoms with E-state index in [4.69, 9.17) is 20.0 Å². The molecule has 0 saturated heterocycles. The average Bonchev–Trinajstić information content (AvgIpc) is 2.39. The molecule has 0 heterocycles. The first-order valence-corrected chi connectivity index (χ1v) is 5.73. The molecule has 0 aliphatic carbocycles. The third-order valence-corrected chi connectivity index (χ3v) is 2.12. The summed E-state index contributed by atoms with van der Waals surface area (Å²) >= 11 is 0. The fourth-order valence-electron chi connectivity index (χ4n) is 1.24. The number of nitrogens with zero attached hydrogens (tertiary/aromatic N) is 2. The standard InChI is InChI=1S/C12H16N2O4/c1-2-3-5-11(18-10-14)12(8-15)17-7-4-6-16-9-13/h11H,2-7H2,1H3. The third kappa shape index (κ3) is 7.16. The molecule has 0 aromatic rings. The van der Waals surface area contributed by atoms with Crippen LogP contribution in [0, 0.1) is 23.0 Å². The molecular weight excluding hydrogens is 236 g/mol. The van der Waals surface area contributed by atoms with Crippen LogP contribution in [0.3, 0.4) is 0 Å². The van der Waals surface area contributed by atoms with Crippen molar-refractivity contribution in [3.63, 3.8) is 0 Å². The first-order chi connectivity index (χ1) is 8.79. The van der Waals surface area contributed by atoms with Crippen molar-refractivity contribution in [1.29, 1.82) is 10.5 Å². The molecule has 0 aromatic carbocycles. The zero-order valence-electron chi connectivity index (χ0n) is 10.3. The van der Waals surface area contributed by atoms with Gasteiger partial charge in [-0.2, -0.15) is 10.5 Å². The van der Waals surface area contributed by atoms with Crippen molar-refractivity contribution < 1.29 is 19.0 Å². The van der Waals surface area contributed by atoms with E-state index in [1.165, 1.54) is 6.26 Å². The molecular formula is C12H16N2O4. The zero-order valence-corrected chi connectivity index (χ0v) is 10.3. The maximum absolute atomic E-state index is 10.7. The molecule has 18 heavy (non-hydrogen) atoms. The van der Waals surface area contributed by atoms with Crippen LogP contribution in [0.4, 0.5) is 0 Å². The molecule has 0 aliphatic heterocycles. The van der Waals surface area contributed by atoms with E-state index < -0.39 is 6.10 Å². The van der Waals surface area contributed by atoms with Crippen molar-refractivity contribution in [1.82, 2.24) is 0 Å². The lowest BCUT2D eigenvalue weighted by Gasteiger charge is -2.15. The van der Waals surface area contributed by atoms with Gasteiger partial charge < -0.3 is 14.2 Å². The molecule has 98 valence electrons. The van der Waals surface area contributed by atoms with Gasteiger partial charge in [0.1, 0.15) is 6.61 Å². The van der Waals surface area contributed by atoms with Crippen LogP contribution >= 0.6 is 0 Å². The summed E-state index contributed by atoms with van der Waals surface area (Å²) in [6.45, 7) is 2.43. The molecule has 6 nitrogen and oxygen atoms in total. The number of carbonyl (C=O) groups excluding carboxylic acids is 1. The Morgan fingerprint density at radius 2 is 2.00 bits per heavy atom. The normalized spacial score (nSPS) is 10.4. The number of rotatable bonds is 10. The van der Waals surface area contributed by atoms with Gasteiger partial charge in [-0.25, -0.2) is 4.79 Å². The van der Waals surface area contributed by atoms with Gasteiger partial charge in [0.15, 0.2) is 12.0 Å². The summed E-state index contributed by atoms with van der Waals surface area (Å²) in [5.41, 5.74) is 0. The summed E-state index contributed by atoms with van der Waals surface area (Å²) in [7, 11) is 0. The van der Waals surface area contributed by atoms with E-state index in [0.717, 1.165) is 12.8 Å². The third-order valence-electron chi connectivity index (χ3n) is 2.12. The first kappa shape index (κ1) is 15.8. The van der Waals surface area contributed by atoms with Crippen LogP contribution < -0.4 is 0 Å². The van der Waals surface area contributed by atoms with Gasteiger partial charge in [-0.3, -0.25) is 0 Å². The maximum atomic E-state index is 10.7. The van der Waals surface area contributed by atoms with E-state index in [2.05, 4.69) is 4.74 Å². The molecule has 0 bridgehead atoms. The summed E-state index contributed by atoms with van der Waals surface area (Å²) in [6.07, 6.45) is 5.15. The summed E-state index contributed by atoms with van der Waals surface area (Å²) < 4.78 is 14.4. The molecule has 0 radical (unpaired) electrons. The highest BCUT2D eigenvalue weighted by atomic mass is 16.5. The first-order valence-electron chi connectivity index (χ1n) is 5.73. The van der Waals surface area contributed by atoms with Gasteiger partial charge in [-0.05, 0) is 12.8 Å². The summed E-state index contributed by atoms with van der Waals surface area (Å²) in [5.74, 6) is 1.64. The Hall–Kier alpha value is -2.17. The van der Waals surface area contributed by atoms with Crippen molar-refractivity contribution in [3.05, 3.63) is 5.76 Å². The van der Waals surface area contributed by atoms with E-state index in [9.17, 15) is 4.79 Å². The van der Waals surface area contributed by atoms with Gasteiger partial charge in [-0.15, -0.1) is 0 Å². The summed E-state index contributed by atoms with van der Waals surface area (Å²) in [5, 5.41) is 16.6. The monoisotopic (exact) mass is 252 g/mol. The van der Waals surface area contributed by atoms with Crippen LogP contribution in [0.15, 0.2) is 5.76 Å². The predicted octanol–water partition coefficient (Wildman–Crippen LogP) is 1.66. The fourth-order valence-corrected chi connectivity index (χ4v) is 1.24. The Labute approximate surface area is 106 Å². The van der Waals surface area contributed by atoms with Crippen molar-refractivity contribution in [2.24, 2.45) is 0 Å². The number of ether oxygens (including phenoxy) is 3. The van der Waals surface area contributed by atoms with Crippen LogP contribution in [0.1, 0.15) is 32.6 Å². The molecule has 0 aliphatic rings. The molecule has 0 saturated carbocycles. The fraction of sp³-hybridized carbons (Fsp3) is 0.667. The van der Waals surface area contributed by atoms with Gasteiger partial charge in [0.25, 0.3) is 12.5 Å². The Morgan fingerprint density at radius 3 is 2.56 bits per heavy atom. The highest BCUT2D eigenvalue weighted by Crippen LogP contribution is 2.13. The predicted molar refractivity (Wildman–Crippen MR) is 61.4 cm³/mol. The largest absolute Gasteiger partial charge is 0.483 e. The molecule has 1 unspecified atom stereocenters. The second-order valence-corrected chi connectivity index (χ2v) is 3.45. The Kier molecular flexibility index (Phi) is 9.95.